The van der Waals surface area contributed by atoms with Crippen LogP contribution in [0.2, 0.25) is 0 Å². The predicted octanol–water partition coefficient (Wildman–Crippen LogP) is 15.4. The van der Waals surface area contributed by atoms with Gasteiger partial charge >= 0.3 is 0 Å². The van der Waals surface area contributed by atoms with E-state index in [9.17, 15) is 0 Å². The largest absolute Gasteiger partial charge is 0.396 e. The smallest absolute Gasteiger partial charge is 0.189 e. The first-order valence-electron chi connectivity index (χ1n) is 19.3. The third kappa shape index (κ3) is 36.7. The summed E-state index contributed by atoms with van der Waals surface area (Å²) >= 11 is 15.9. The number of unbranched alkanes of at least 4 members (excludes halogenated alkanes) is 14. The second-order valence-electron chi connectivity index (χ2n) is 12.3. The van der Waals surface area contributed by atoms with Gasteiger partial charge in [-0.1, -0.05) is 158 Å². The van der Waals surface area contributed by atoms with E-state index in [1.54, 1.807) is 0 Å². The van der Waals surface area contributed by atoms with Gasteiger partial charge in [-0.25, -0.2) is 0 Å². The van der Waals surface area contributed by atoms with Gasteiger partial charge in [0.05, 0.1) is 0 Å². The number of halogens is 5. The van der Waals surface area contributed by atoms with E-state index in [1.165, 1.54) is 73.7 Å². The van der Waals surface area contributed by atoms with Crippen molar-refractivity contribution in [2.45, 2.75) is 117 Å². The molecule has 3 aromatic rings. The molecular formula is C47H62Br5OP. The maximum atomic E-state index is 8.58. The molecule has 0 aromatic heterocycles. The van der Waals surface area contributed by atoms with Crippen molar-refractivity contribution in [2.75, 3.05) is 11.9 Å². The Morgan fingerprint density at radius 1 is 0.481 bits per heavy atom. The molecule has 0 radical (unpaired) electrons. The molecule has 0 unspecified atom stereocenters. The maximum absolute atomic E-state index is 8.58. The predicted molar refractivity (Wildman–Crippen MR) is 264 cm³/mol. The van der Waals surface area contributed by atoms with Gasteiger partial charge in [0.25, 0.3) is 0 Å². The first-order chi connectivity index (χ1) is 26.3. The molecule has 0 heterocycles. The van der Waals surface area contributed by atoms with Crippen molar-refractivity contribution in [1.82, 2.24) is 0 Å². The van der Waals surface area contributed by atoms with Crippen molar-refractivity contribution >= 4 is 103 Å². The summed E-state index contributed by atoms with van der Waals surface area (Å²) in [5.41, 5.74) is 0. The molecule has 0 saturated carbocycles. The highest BCUT2D eigenvalue weighted by Crippen LogP contribution is 2.39. The Labute approximate surface area is 373 Å². The van der Waals surface area contributed by atoms with Crippen LogP contribution in [0.1, 0.15) is 116 Å². The molecule has 0 bridgehead atoms. The van der Waals surface area contributed by atoms with Gasteiger partial charge in [-0.2, -0.15) is 0 Å². The number of alkyl halides is 5. The van der Waals surface area contributed by atoms with Crippen molar-refractivity contribution in [2.24, 2.45) is 0 Å². The Morgan fingerprint density at radius 3 is 1.09 bits per heavy atom. The highest BCUT2D eigenvalue weighted by atomic mass is 80.0. The zero-order valence-corrected chi connectivity index (χ0v) is 41.0. The minimum atomic E-state index is -0.446. The minimum absolute atomic E-state index is 0.250. The van der Waals surface area contributed by atoms with Crippen LogP contribution in [-0.4, -0.2) is 18.1 Å². The summed E-state index contributed by atoms with van der Waals surface area (Å²) in [4.78, 5) is 0. The molecule has 0 aliphatic heterocycles. The van der Waals surface area contributed by atoms with Crippen LogP contribution in [0.25, 0.3) is 0 Å². The number of rotatable bonds is 21. The van der Waals surface area contributed by atoms with E-state index >= 15 is 0 Å². The van der Waals surface area contributed by atoms with E-state index in [1.807, 2.05) is 12.2 Å². The lowest BCUT2D eigenvalue weighted by atomic mass is 10.1. The van der Waals surface area contributed by atoms with Crippen LogP contribution in [0, 0.1) is 23.7 Å². The number of hydrogen-bond donors (Lipinski definition) is 1. The van der Waals surface area contributed by atoms with Crippen molar-refractivity contribution < 1.29 is 5.11 Å². The Kier molecular flexibility index (Phi) is 39.5. The van der Waals surface area contributed by atoms with E-state index in [4.69, 9.17) is 5.11 Å². The summed E-state index contributed by atoms with van der Waals surface area (Å²) in [7, 11) is -0.446. The fourth-order valence-corrected chi connectivity index (χ4v) is 7.60. The SMILES string of the molecule is BrC(Br)(Br)Br.C=CCCCC#CCCCCCCCBr.C=CCCCC#CCCCCCCCO.c1ccc(P(c2ccccc2)c2ccccc2)cc1. The van der Waals surface area contributed by atoms with Gasteiger partial charge < -0.3 is 5.11 Å². The van der Waals surface area contributed by atoms with Crippen LogP contribution in [0.3, 0.4) is 0 Å². The third-order valence-corrected chi connectivity index (χ3v) is 10.6. The lowest BCUT2D eigenvalue weighted by Gasteiger charge is -2.18. The van der Waals surface area contributed by atoms with Crippen LogP contribution < -0.4 is 15.9 Å². The zero-order chi connectivity index (χ0) is 39.8. The minimum Gasteiger partial charge on any atom is -0.396 e. The van der Waals surface area contributed by atoms with Crippen LogP contribution >= 0.6 is 87.6 Å². The molecule has 3 aromatic carbocycles. The van der Waals surface area contributed by atoms with E-state index in [-0.39, 0.29) is 1.05 Å². The van der Waals surface area contributed by atoms with Crippen molar-refractivity contribution in [1.29, 1.82) is 0 Å². The molecule has 0 fully saturated rings. The molecule has 0 aliphatic carbocycles. The van der Waals surface area contributed by atoms with Gasteiger partial charge in [-0.05, 0) is 139 Å². The lowest BCUT2D eigenvalue weighted by molar-refractivity contribution is 0.282. The number of hydrogen-bond acceptors (Lipinski definition) is 1. The van der Waals surface area contributed by atoms with E-state index in [2.05, 4.69) is 207 Å². The topological polar surface area (TPSA) is 20.2 Å². The highest BCUT2D eigenvalue weighted by Gasteiger charge is 2.15. The molecule has 1 nitrogen and oxygen atoms in total. The molecule has 7 heteroatoms. The van der Waals surface area contributed by atoms with Crippen LogP contribution in [0.5, 0.6) is 0 Å². The summed E-state index contributed by atoms with van der Waals surface area (Å²) in [5.74, 6) is 12.8. The second-order valence-corrected chi connectivity index (χ2v) is 26.4. The van der Waals surface area contributed by atoms with Crippen LogP contribution in [-0.2, 0) is 0 Å². The Bertz CT molecular complexity index is 1250. The van der Waals surface area contributed by atoms with Crippen molar-refractivity contribution in [3.63, 3.8) is 0 Å². The molecule has 0 atom stereocenters. The lowest BCUT2D eigenvalue weighted by Crippen LogP contribution is -2.20. The summed E-state index contributed by atoms with van der Waals surface area (Å²) < 4.78 is -0.250. The van der Waals surface area contributed by atoms with Gasteiger partial charge in [-0.15, -0.1) is 36.8 Å². The van der Waals surface area contributed by atoms with Gasteiger partial charge in [-0.3, -0.25) is 0 Å². The Balaban J connectivity index is 0.000000742. The highest BCUT2D eigenvalue weighted by molar-refractivity contribution is 9.52. The monoisotopic (exact) mass is 1070 g/mol. The van der Waals surface area contributed by atoms with Gasteiger partial charge in [0.2, 0.25) is 0 Å². The molecule has 0 amide bonds. The maximum Gasteiger partial charge on any atom is 0.189 e. The van der Waals surface area contributed by atoms with Crippen LogP contribution in [0.4, 0.5) is 0 Å². The number of aliphatic hydroxyl groups is 1. The van der Waals surface area contributed by atoms with E-state index < -0.39 is 7.92 Å². The van der Waals surface area contributed by atoms with Gasteiger partial charge in [0.1, 0.15) is 0 Å². The number of allylic oxidation sites excluding steroid dienone is 2. The fraction of sp³-hybridized carbons (Fsp3) is 0.447. The molecule has 3 rings (SSSR count). The molecule has 296 valence electrons. The molecule has 0 saturated heterocycles. The summed E-state index contributed by atoms with van der Waals surface area (Å²) in [6.07, 6.45) is 25.0. The van der Waals surface area contributed by atoms with Crippen molar-refractivity contribution in [3.05, 3.63) is 116 Å². The molecule has 0 spiro atoms. The third-order valence-electron chi connectivity index (χ3n) is 7.61. The molecule has 0 aliphatic rings. The first kappa shape index (κ1) is 53.0. The Hall–Kier alpha value is -0.950. The van der Waals surface area contributed by atoms with Crippen molar-refractivity contribution in [3.8, 4) is 23.7 Å². The average Bonchev–Trinajstić information content (AvgIpc) is 3.17. The quantitative estimate of drug-likeness (QED) is 0.0371. The summed E-state index contributed by atoms with van der Waals surface area (Å²) in [5, 5.41) is 13.9. The number of aliphatic hydroxyl groups excluding tert-OH is 1. The normalized spacial score (nSPS) is 10.1. The average molecular weight is 1070 g/mol. The van der Waals surface area contributed by atoms with Crippen LogP contribution in [0.15, 0.2) is 116 Å². The first-order valence-corrected chi connectivity index (χ1v) is 24.9. The van der Waals surface area contributed by atoms with E-state index in [0.29, 0.717) is 6.61 Å². The molecular weight excluding hydrogens is 1010 g/mol. The zero-order valence-electron chi connectivity index (χ0n) is 32.2. The second kappa shape index (κ2) is 40.3. The van der Waals surface area contributed by atoms with Gasteiger partial charge in [0.15, 0.2) is 1.05 Å². The number of benzene rings is 3. The molecule has 1 N–H and O–H groups in total. The van der Waals surface area contributed by atoms with E-state index in [0.717, 1.165) is 63.1 Å². The summed E-state index contributed by atoms with van der Waals surface area (Å²) in [6, 6.07) is 32.3. The molecule has 54 heavy (non-hydrogen) atoms. The standard InChI is InChI=1S/C18H15P.C14H23Br.C14H24O.CBr4/c1-4-10-16(11-5-1)19(17-12-6-2-7-13-17)18-14-8-3-9-15-18;2*1-2-3-4-5-6-7-8-9-10-11-12-13-14-15;2-1(3,4)5/h1-15H;2H,1,3-5,8-14H2;2,15H,1,3-5,8-14H2;. The fourth-order valence-electron chi connectivity index (χ4n) is 4.90. The van der Waals surface area contributed by atoms with Gasteiger partial charge in [0, 0.05) is 37.6 Å². The summed E-state index contributed by atoms with van der Waals surface area (Å²) in [6.45, 7) is 7.71. The Morgan fingerprint density at radius 2 is 0.778 bits per heavy atom.